The first kappa shape index (κ1) is 10.6. The quantitative estimate of drug-likeness (QED) is 0.732. The van der Waals surface area contributed by atoms with E-state index in [2.05, 4.69) is 10.3 Å². The van der Waals surface area contributed by atoms with Crippen LogP contribution in [0.5, 0.6) is 0 Å². The molecule has 1 heterocycles. The molecule has 0 spiro atoms. The summed E-state index contributed by atoms with van der Waals surface area (Å²) < 4.78 is 12.7. The Hall–Kier alpha value is -1.49. The molecule has 1 aromatic heterocycles. The van der Waals surface area contributed by atoms with Gasteiger partial charge in [-0.1, -0.05) is 0 Å². The van der Waals surface area contributed by atoms with Gasteiger partial charge < -0.3 is 11.1 Å². The van der Waals surface area contributed by atoms with Crippen molar-refractivity contribution in [3.8, 4) is 0 Å². The Labute approximate surface area is 81.3 Å². The maximum atomic E-state index is 12.7. The van der Waals surface area contributed by atoms with Crippen LogP contribution in [-0.2, 0) is 0 Å². The van der Waals surface area contributed by atoms with E-state index < -0.39 is 5.82 Å². The van der Waals surface area contributed by atoms with Crippen LogP contribution < -0.4 is 11.1 Å². The molecule has 1 rings (SSSR count). The van der Waals surface area contributed by atoms with E-state index in [1.165, 1.54) is 6.20 Å². The van der Waals surface area contributed by atoms with Crippen molar-refractivity contribution in [2.45, 2.75) is 13.0 Å². The van der Waals surface area contributed by atoms with Crippen LogP contribution in [0.25, 0.3) is 0 Å². The number of hydrogen-bond acceptors (Lipinski definition) is 3. The van der Waals surface area contributed by atoms with E-state index in [9.17, 15) is 9.18 Å². The predicted molar refractivity (Wildman–Crippen MR) is 50.2 cm³/mol. The van der Waals surface area contributed by atoms with E-state index >= 15 is 0 Å². The molecule has 1 atom stereocenters. The Morgan fingerprint density at radius 2 is 2.43 bits per heavy atom. The maximum absolute atomic E-state index is 12.7. The fraction of sp³-hybridized carbons (Fsp3) is 0.333. The summed E-state index contributed by atoms with van der Waals surface area (Å²) in [7, 11) is 0. The average molecular weight is 197 g/mol. The number of carbonyl (C=O) groups excluding carboxylic acids is 1. The van der Waals surface area contributed by atoms with Crippen LogP contribution in [0.4, 0.5) is 4.39 Å². The number of aromatic nitrogens is 1. The lowest BCUT2D eigenvalue weighted by Gasteiger charge is -2.10. The third-order valence-electron chi connectivity index (χ3n) is 1.70. The standard InChI is InChI=1S/C9H12FN3O/c1-6(3-11)13-9(14)7-2-8(10)5-12-4-7/h2,4-6H,3,11H2,1H3,(H,13,14)/t6-/m1/s1. The van der Waals surface area contributed by atoms with E-state index in [1.807, 2.05) is 0 Å². The van der Waals surface area contributed by atoms with Gasteiger partial charge in [0.1, 0.15) is 5.82 Å². The van der Waals surface area contributed by atoms with Crippen molar-refractivity contribution in [3.05, 3.63) is 29.8 Å². The number of nitrogens with two attached hydrogens (primary N) is 1. The molecule has 0 saturated carbocycles. The zero-order valence-electron chi connectivity index (χ0n) is 7.83. The molecule has 0 fully saturated rings. The minimum Gasteiger partial charge on any atom is -0.348 e. The Balaban J connectivity index is 2.70. The third kappa shape index (κ3) is 2.77. The van der Waals surface area contributed by atoms with Gasteiger partial charge in [0.2, 0.25) is 0 Å². The molecule has 14 heavy (non-hydrogen) atoms. The Bertz CT molecular complexity index is 330. The highest BCUT2D eigenvalue weighted by molar-refractivity contribution is 5.94. The van der Waals surface area contributed by atoms with E-state index in [-0.39, 0.29) is 17.5 Å². The van der Waals surface area contributed by atoms with Crippen LogP contribution in [0.2, 0.25) is 0 Å². The summed E-state index contributed by atoms with van der Waals surface area (Å²) in [6, 6.07) is 0.997. The molecule has 4 nitrogen and oxygen atoms in total. The van der Waals surface area contributed by atoms with Crippen molar-refractivity contribution < 1.29 is 9.18 Å². The maximum Gasteiger partial charge on any atom is 0.253 e. The number of rotatable bonds is 3. The van der Waals surface area contributed by atoms with Crippen molar-refractivity contribution in [3.63, 3.8) is 0 Å². The van der Waals surface area contributed by atoms with E-state index in [0.29, 0.717) is 6.54 Å². The molecule has 0 unspecified atom stereocenters. The molecule has 0 aromatic carbocycles. The van der Waals surface area contributed by atoms with E-state index in [4.69, 9.17) is 5.73 Å². The number of hydrogen-bond donors (Lipinski definition) is 2. The zero-order chi connectivity index (χ0) is 10.6. The zero-order valence-corrected chi connectivity index (χ0v) is 7.83. The van der Waals surface area contributed by atoms with Gasteiger partial charge in [-0.25, -0.2) is 4.39 Å². The minimum atomic E-state index is -0.530. The van der Waals surface area contributed by atoms with Gasteiger partial charge in [-0.2, -0.15) is 0 Å². The first-order valence-electron chi connectivity index (χ1n) is 4.25. The van der Waals surface area contributed by atoms with Gasteiger partial charge in [0, 0.05) is 18.8 Å². The van der Waals surface area contributed by atoms with Gasteiger partial charge >= 0.3 is 0 Å². The Morgan fingerprint density at radius 1 is 1.71 bits per heavy atom. The van der Waals surface area contributed by atoms with Crippen molar-refractivity contribution in [1.29, 1.82) is 0 Å². The molecular weight excluding hydrogens is 185 g/mol. The van der Waals surface area contributed by atoms with Gasteiger partial charge in [0.05, 0.1) is 11.8 Å². The molecule has 0 aliphatic rings. The van der Waals surface area contributed by atoms with Gasteiger partial charge in [-0.3, -0.25) is 9.78 Å². The van der Waals surface area contributed by atoms with Gasteiger partial charge in [-0.15, -0.1) is 0 Å². The molecule has 5 heteroatoms. The molecule has 0 bridgehead atoms. The summed E-state index contributed by atoms with van der Waals surface area (Å²) in [6.45, 7) is 2.11. The van der Waals surface area contributed by atoms with E-state index in [0.717, 1.165) is 12.3 Å². The fourth-order valence-corrected chi connectivity index (χ4v) is 0.902. The number of pyridine rings is 1. The lowest BCUT2D eigenvalue weighted by atomic mass is 10.2. The highest BCUT2D eigenvalue weighted by atomic mass is 19.1. The van der Waals surface area contributed by atoms with Crippen LogP contribution in [0.1, 0.15) is 17.3 Å². The summed E-state index contributed by atoms with van der Waals surface area (Å²) in [4.78, 5) is 15.0. The van der Waals surface area contributed by atoms with Crippen LogP contribution in [-0.4, -0.2) is 23.5 Å². The number of halogens is 1. The topological polar surface area (TPSA) is 68.0 Å². The monoisotopic (exact) mass is 197 g/mol. The molecular formula is C9H12FN3O. The molecule has 1 amide bonds. The first-order chi connectivity index (χ1) is 6.63. The first-order valence-corrected chi connectivity index (χ1v) is 4.25. The molecule has 0 aliphatic heterocycles. The second kappa shape index (κ2) is 4.66. The second-order valence-electron chi connectivity index (χ2n) is 3.00. The Kier molecular flexibility index (Phi) is 3.53. The fourth-order valence-electron chi connectivity index (χ4n) is 0.902. The van der Waals surface area contributed by atoms with Crippen LogP contribution in [0, 0.1) is 5.82 Å². The number of nitrogens with one attached hydrogen (secondary N) is 1. The summed E-state index contributed by atoms with van der Waals surface area (Å²) in [6.07, 6.45) is 2.35. The molecule has 3 N–H and O–H groups in total. The smallest absolute Gasteiger partial charge is 0.253 e. The summed E-state index contributed by atoms with van der Waals surface area (Å²) >= 11 is 0. The minimum absolute atomic E-state index is 0.134. The van der Waals surface area contributed by atoms with Gasteiger partial charge in [-0.05, 0) is 13.0 Å². The second-order valence-corrected chi connectivity index (χ2v) is 3.00. The molecule has 76 valence electrons. The SMILES string of the molecule is C[C@H](CN)NC(=O)c1cncc(F)c1. The average Bonchev–Trinajstić information content (AvgIpc) is 2.17. The van der Waals surface area contributed by atoms with Gasteiger partial charge in [0.15, 0.2) is 0 Å². The van der Waals surface area contributed by atoms with Crippen LogP contribution >= 0.6 is 0 Å². The summed E-state index contributed by atoms with van der Waals surface area (Å²) in [5.74, 6) is -0.895. The summed E-state index contributed by atoms with van der Waals surface area (Å²) in [5, 5.41) is 2.60. The van der Waals surface area contributed by atoms with Crippen LogP contribution in [0.15, 0.2) is 18.5 Å². The van der Waals surface area contributed by atoms with Crippen LogP contribution in [0.3, 0.4) is 0 Å². The Morgan fingerprint density at radius 3 is 3.00 bits per heavy atom. The molecule has 0 aliphatic carbocycles. The number of carbonyl (C=O) groups is 1. The molecule has 1 aromatic rings. The van der Waals surface area contributed by atoms with Crippen molar-refractivity contribution >= 4 is 5.91 Å². The highest BCUT2D eigenvalue weighted by Gasteiger charge is 2.09. The molecule has 0 radical (unpaired) electrons. The normalized spacial score (nSPS) is 12.2. The summed E-state index contributed by atoms with van der Waals surface area (Å²) in [5.41, 5.74) is 5.52. The third-order valence-corrected chi connectivity index (χ3v) is 1.70. The van der Waals surface area contributed by atoms with Crippen molar-refractivity contribution in [2.75, 3.05) is 6.54 Å². The molecule has 0 saturated heterocycles. The van der Waals surface area contributed by atoms with Crippen molar-refractivity contribution in [1.82, 2.24) is 10.3 Å². The lowest BCUT2D eigenvalue weighted by Crippen LogP contribution is -2.37. The largest absolute Gasteiger partial charge is 0.348 e. The lowest BCUT2D eigenvalue weighted by molar-refractivity contribution is 0.0940. The predicted octanol–water partition coefficient (Wildman–Crippen LogP) is 0.298. The van der Waals surface area contributed by atoms with Gasteiger partial charge in [0.25, 0.3) is 5.91 Å². The van der Waals surface area contributed by atoms with Crippen molar-refractivity contribution in [2.24, 2.45) is 5.73 Å². The van der Waals surface area contributed by atoms with E-state index in [1.54, 1.807) is 6.92 Å². The number of amides is 1. The highest BCUT2D eigenvalue weighted by Crippen LogP contribution is 2.00. The number of nitrogens with zero attached hydrogens (tertiary/aromatic N) is 1.